The number of nitrogen functional groups attached to an aromatic ring is 1. The van der Waals surface area contributed by atoms with Gasteiger partial charge in [0.2, 0.25) is 0 Å². The molecule has 3 nitrogen and oxygen atoms in total. The third kappa shape index (κ3) is 2.69. The number of thiophene rings is 1. The Kier molecular flexibility index (Phi) is 3.71. The number of rotatable bonds is 4. The molecule has 0 saturated carbocycles. The number of thiazole rings is 1. The number of nitrogens with two attached hydrogens (primary N) is 1. The van der Waals surface area contributed by atoms with Gasteiger partial charge in [-0.3, -0.25) is 0 Å². The predicted molar refractivity (Wildman–Crippen MR) is 85.6 cm³/mol. The minimum absolute atomic E-state index is 0.667. The number of hydrogen-bond donors (Lipinski definition) is 1. The summed E-state index contributed by atoms with van der Waals surface area (Å²) in [6.07, 6.45) is 0.796. The Bertz CT molecular complexity index is 704. The number of ether oxygens (including phenoxy) is 1. The first-order valence-electron chi connectivity index (χ1n) is 6.17. The van der Waals surface area contributed by atoms with Crippen molar-refractivity contribution < 1.29 is 4.74 Å². The average Bonchev–Trinajstić information content (AvgIpc) is 3.09. The second-order valence-corrected chi connectivity index (χ2v) is 6.25. The van der Waals surface area contributed by atoms with Crippen molar-refractivity contribution in [3.63, 3.8) is 0 Å². The zero-order valence-corrected chi connectivity index (χ0v) is 12.6. The third-order valence-electron chi connectivity index (χ3n) is 2.97. The molecule has 3 aromatic rings. The topological polar surface area (TPSA) is 48.1 Å². The van der Waals surface area contributed by atoms with Gasteiger partial charge in [0.1, 0.15) is 5.75 Å². The van der Waals surface area contributed by atoms with Crippen molar-refractivity contribution in [3.05, 3.63) is 51.7 Å². The van der Waals surface area contributed by atoms with E-state index in [0.717, 1.165) is 22.7 Å². The Morgan fingerprint density at radius 2 is 2.15 bits per heavy atom. The van der Waals surface area contributed by atoms with E-state index in [1.807, 2.05) is 24.3 Å². The molecule has 20 heavy (non-hydrogen) atoms. The Balaban J connectivity index is 1.80. The summed E-state index contributed by atoms with van der Waals surface area (Å²) >= 11 is 3.39. The number of nitrogens with zero attached hydrogens (tertiary/aromatic N) is 1. The number of hydrogen-bond acceptors (Lipinski definition) is 5. The lowest BCUT2D eigenvalue weighted by Gasteiger charge is -2.05. The molecule has 102 valence electrons. The highest BCUT2D eigenvalue weighted by Gasteiger charge is 2.07. The fourth-order valence-corrected chi connectivity index (χ4v) is 3.59. The minimum Gasteiger partial charge on any atom is -0.495 e. The SMILES string of the molecule is COc1ccc(Cc2nc(-c3cccs3)cs2)cc1N. The van der Waals surface area contributed by atoms with Crippen LogP contribution in [-0.4, -0.2) is 12.1 Å². The highest BCUT2D eigenvalue weighted by atomic mass is 32.1. The standard InChI is InChI=1S/C15H14N2OS2/c1-18-13-5-4-10(7-11(13)16)8-15-17-12(9-20-15)14-3-2-6-19-14/h2-7,9H,8,16H2,1H3. The fourth-order valence-electron chi connectivity index (χ4n) is 2.00. The summed E-state index contributed by atoms with van der Waals surface area (Å²) in [4.78, 5) is 5.89. The van der Waals surface area contributed by atoms with Crippen molar-refractivity contribution in [3.8, 4) is 16.3 Å². The van der Waals surface area contributed by atoms with E-state index in [2.05, 4.69) is 21.8 Å². The van der Waals surface area contributed by atoms with Gasteiger partial charge in [0.05, 0.1) is 28.4 Å². The van der Waals surface area contributed by atoms with Gasteiger partial charge in [0, 0.05) is 11.8 Å². The molecule has 0 saturated heterocycles. The molecule has 5 heteroatoms. The van der Waals surface area contributed by atoms with E-state index in [-0.39, 0.29) is 0 Å². The summed E-state index contributed by atoms with van der Waals surface area (Å²) in [7, 11) is 1.62. The lowest BCUT2D eigenvalue weighted by Crippen LogP contribution is -1.95. The van der Waals surface area contributed by atoms with Gasteiger partial charge in [-0.05, 0) is 29.1 Å². The van der Waals surface area contributed by atoms with Crippen LogP contribution in [-0.2, 0) is 6.42 Å². The molecule has 0 amide bonds. The number of methoxy groups -OCH3 is 1. The first-order chi connectivity index (χ1) is 9.76. The van der Waals surface area contributed by atoms with Crippen molar-refractivity contribution >= 4 is 28.4 Å². The van der Waals surface area contributed by atoms with Crippen LogP contribution in [0.4, 0.5) is 5.69 Å². The van der Waals surface area contributed by atoms with Gasteiger partial charge in [0.15, 0.2) is 0 Å². The van der Waals surface area contributed by atoms with E-state index in [0.29, 0.717) is 11.4 Å². The summed E-state index contributed by atoms with van der Waals surface area (Å²) in [5.74, 6) is 0.715. The maximum atomic E-state index is 5.93. The predicted octanol–water partition coefficient (Wildman–Crippen LogP) is 4.05. The third-order valence-corrected chi connectivity index (χ3v) is 4.72. The van der Waals surface area contributed by atoms with Crippen molar-refractivity contribution in [1.82, 2.24) is 4.98 Å². The quantitative estimate of drug-likeness (QED) is 0.740. The molecular weight excluding hydrogens is 288 g/mol. The summed E-state index contributed by atoms with van der Waals surface area (Å²) < 4.78 is 5.17. The second-order valence-electron chi connectivity index (χ2n) is 4.36. The molecule has 1 aromatic carbocycles. The van der Waals surface area contributed by atoms with Crippen LogP contribution in [0.5, 0.6) is 5.75 Å². The molecule has 2 aromatic heterocycles. The normalized spacial score (nSPS) is 10.7. The van der Waals surface area contributed by atoms with Gasteiger partial charge in [-0.15, -0.1) is 22.7 Å². The van der Waals surface area contributed by atoms with E-state index in [1.165, 1.54) is 4.88 Å². The maximum absolute atomic E-state index is 5.93. The Labute approximate surface area is 125 Å². The first kappa shape index (κ1) is 13.1. The fraction of sp³-hybridized carbons (Fsp3) is 0.133. The molecule has 0 atom stereocenters. The average molecular weight is 302 g/mol. The molecule has 0 fully saturated rings. The van der Waals surface area contributed by atoms with Crippen molar-refractivity contribution in [2.75, 3.05) is 12.8 Å². The van der Waals surface area contributed by atoms with Crippen LogP contribution in [0.25, 0.3) is 10.6 Å². The van der Waals surface area contributed by atoms with Crippen molar-refractivity contribution in [1.29, 1.82) is 0 Å². The van der Waals surface area contributed by atoms with Crippen molar-refractivity contribution in [2.24, 2.45) is 0 Å². The summed E-state index contributed by atoms with van der Waals surface area (Å²) in [6, 6.07) is 10.0. The minimum atomic E-state index is 0.667. The molecule has 0 unspecified atom stereocenters. The van der Waals surface area contributed by atoms with Gasteiger partial charge in [-0.25, -0.2) is 4.98 Å². The van der Waals surface area contributed by atoms with Gasteiger partial charge in [0.25, 0.3) is 0 Å². The molecule has 0 bridgehead atoms. The molecule has 0 aliphatic heterocycles. The number of anilines is 1. The van der Waals surface area contributed by atoms with Gasteiger partial charge < -0.3 is 10.5 Å². The van der Waals surface area contributed by atoms with Crippen LogP contribution in [0.1, 0.15) is 10.6 Å². The van der Waals surface area contributed by atoms with Crippen molar-refractivity contribution in [2.45, 2.75) is 6.42 Å². The lowest BCUT2D eigenvalue weighted by molar-refractivity contribution is 0.417. The second kappa shape index (κ2) is 5.64. The zero-order valence-electron chi connectivity index (χ0n) is 11.0. The molecule has 0 spiro atoms. The van der Waals surface area contributed by atoms with Crippen LogP contribution in [0.15, 0.2) is 41.1 Å². The largest absolute Gasteiger partial charge is 0.495 e. The maximum Gasteiger partial charge on any atom is 0.141 e. The lowest BCUT2D eigenvalue weighted by atomic mass is 10.1. The Morgan fingerprint density at radius 3 is 2.85 bits per heavy atom. The van der Waals surface area contributed by atoms with Crippen LogP contribution >= 0.6 is 22.7 Å². The van der Waals surface area contributed by atoms with Crippen LogP contribution in [0, 0.1) is 0 Å². The van der Waals surface area contributed by atoms with E-state index in [4.69, 9.17) is 10.5 Å². The smallest absolute Gasteiger partial charge is 0.141 e. The van der Waals surface area contributed by atoms with E-state index in [1.54, 1.807) is 29.8 Å². The first-order valence-corrected chi connectivity index (χ1v) is 7.93. The highest BCUT2D eigenvalue weighted by molar-refractivity contribution is 7.14. The molecule has 2 heterocycles. The summed E-state index contributed by atoms with van der Waals surface area (Å²) in [5, 5.41) is 5.27. The van der Waals surface area contributed by atoms with Gasteiger partial charge >= 0.3 is 0 Å². The van der Waals surface area contributed by atoms with Gasteiger partial charge in [-0.1, -0.05) is 12.1 Å². The molecular formula is C15H14N2OS2. The van der Waals surface area contributed by atoms with Crippen LogP contribution < -0.4 is 10.5 Å². The van der Waals surface area contributed by atoms with E-state index >= 15 is 0 Å². The summed E-state index contributed by atoms with van der Waals surface area (Å²) in [6.45, 7) is 0. The number of aromatic nitrogens is 1. The zero-order chi connectivity index (χ0) is 13.9. The van der Waals surface area contributed by atoms with Crippen LogP contribution in [0.2, 0.25) is 0 Å². The summed E-state index contributed by atoms with van der Waals surface area (Å²) in [5.41, 5.74) is 8.80. The van der Waals surface area contributed by atoms with E-state index < -0.39 is 0 Å². The molecule has 0 aliphatic rings. The molecule has 3 rings (SSSR count). The molecule has 2 N–H and O–H groups in total. The van der Waals surface area contributed by atoms with Gasteiger partial charge in [-0.2, -0.15) is 0 Å². The molecule has 0 aliphatic carbocycles. The van der Waals surface area contributed by atoms with Crippen LogP contribution in [0.3, 0.4) is 0 Å². The monoisotopic (exact) mass is 302 g/mol. The number of benzene rings is 1. The van der Waals surface area contributed by atoms with E-state index in [9.17, 15) is 0 Å². The highest BCUT2D eigenvalue weighted by Crippen LogP contribution is 2.28. The molecule has 0 radical (unpaired) electrons. The Hall–Kier alpha value is -1.85. The Morgan fingerprint density at radius 1 is 1.25 bits per heavy atom.